The minimum Gasteiger partial charge on any atom is -0.396 e. The fraction of sp³-hybridized carbons (Fsp3) is 0.500. The number of nitrogens with zero attached hydrogens (tertiary/aromatic N) is 2. The number of rotatable bonds is 7. The fourth-order valence-corrected chi connectivity index (χ4v) is 3.67. The van der Waals surface area contributed by atoms with E-state index in [2.05, 4.69) is 0 Å². The van der Waals surface area contributed by atoms with Gasteiger partial charge in [0, 0.05) is 25.3 Å². The molecule has 0 bridgehead atoms. The van der Waals surface area contributed by atoms with Gasteiger partial charge in [-0.15, -0.1) is 0 Å². The largest absolute Gasteiger partial charge is 0.396 e. The van der Waals surface area contributed by atoms with E-state index in [9.17, 15) is 18.5 Å². The molecule has 0 saturated carbocycles. The van der Waals surface area contributed by atoms with Gasteiger partial charge in [-0.3, -0.25) is 10.1 Å². The molecule has 0 radical (unpaired) electrons. The highest BCUT2D eigenvalue weighted by atomic mass is 32.2. The molecule has 1 rings (SSSR count). The Balaban J connectivity index is 3.30. The summed E-state index contributed by atoms with van der Waals surface area (Å²) in [6.45, 7) is 3.34. The topological polar surface area (TPSA) is 101 Å². The van der Waals surface area contributed by atoms with Crippen LogP contribution in [0.15, 0.2) is 29.2 Å². The zero-order valence-corrected chi connectivity index (χ0v) is 12.2. The van der Waals surface area contributed by atoms with Gasteiger partial charge in [-0.2, -0.15) is 4.31 Å². The van der Waals surface area contributed by atoms with Crippen LogP contribution in [-0.2, 0) is 10.0 Å². The number of nitro benzene ring substituents is 1. The van der Waals surface area contributed by atoms with E-state index >= 15 is 0 Å². The number of sulfonamides is 1. The van der Waals surface area contributed by atoms with Crippen molar-refractivity contribution in [3.05, 3.63) is 34.4 Å². The average molecular weight is 302 g/mol. The lowest BCUT2D eigenvalue weighted by molar-refractivity contribution is -0.387. The third-order valence-electron chi connectivity index (χ3n) is 2.76. The molecule has 20 heavy (non-hydrogen) atoms. The molecule has 0 spiro atoms. The van der Waals surface area contributed by atoms with Gasteiger partial charge in [0.25, 0.3) is 5.69 Å². The first-order valence-corrected chi connectivity index (χ1v) is 7.62. The lowest BCUT2D eigenvalue weighted by atomic mass is 10.3. The number of benzene rings is 1. The van der Waals surface area contributed by atoms with Gasteiger partial charge in [0.1, 0.15) is 0 Å². The maximum Gasteiger partial charge on any atom is 0.289 e. The molecule has 0 fully saturated rings. The zero-order valence-electron chi connectivity index (χ0n) is 11.4. The SMILES string of the molecule is CC(C)N(CCCO)S(=O)(=O)c1ccccc1[N+](=O)[O-]. The number of aliphatic hydroxyl groups is 1. The molecule has 0 aromatic heterocycles. The fourth-order valence-electron chi connectivity index (χ4n) is 1.83. The third kappa shape index (κ3) is 3.53. The van der Waals surface area contributed by atoms with Crippen LogP contribution in [0.2, 0.25) is 0 Å². The van der Waals surface area contributed by atoms with Crippen LogP contribution in [0.25, 0.3) is 0 Å². The Bertz CT molecular complexity index is 571. The second-order valence-electron chi connectivity index (χ2n) is 4.51. The molecule has 112 valence electrons. The van der Waals surface area contributed by atoms with Crippen LogP contribution in [0.3, 0.4) is 0 Å². The standard InChI is InChI=1S/C12H18N2O5S/c1-10(2)13(8-5-9-15)20(18,19)12-7-4-3-6-11(12)14(16)17/h3-4,6-7,10,15H,5,8-9H2,1-2H3. The van der Waals surface area contributed by atoms with E-state index in [1.807, 2.05) is 0 Å². The molecule has 0 aliphatic carbocycles. The van der Waals surface area contributed by atoms with Gasteiger partial charge in [0.2, 0.25) is 10.0 Å². The van der Waals surface area contributed by atoms with Gasteiger partial charge in [-0.05, 0) is 26.3 Å². The molecular formula is C12H18N2O5S. The minimum atomic E-state index is -3.97. The summed E-state index contributed by atoms with van der Waals surface area (Å²) in [5.74, 6) is 0. The second kappa shape index (κ2) is 6.78. The second-order valence-corrected chi connectivity index (χ2v) is 6.37. The van der Waals surface area contributed by atoms with Gasteiger partial charge in [0.15, 0.2) is 4.90 Å². The maximum absolute atomic E-state index is 12.5. The van der Waals surface area contributed by atoms with Gasteiger partial charge in [0.05, 0.1) is 4.92 Å². The predicted molar refractivity (Wildman–Crippen MR) is 73.8 cm³/mol. The first kappa shape index (κ1) is 16.5. The average Bonchev–Trinajstić information content (AvgIpc) is 2.38. The Labute approximate surface area is 118 Å². The highest BCUT2D eigenvalue weighted by Gasteiger charge is 2.32. The van der Waals surface area contributed by atoms with Gasteiger partial charge in [-0.1, -0.05) is 12.1 Å². The summed E-state index contributed by atoms with van der Waals surface area (Å²) >= 11 is 0. The Kier molecular flexibility index (Phi) is 5.61. The van der Waals surface area contributed by atoms with Crippen molar-refractivity contribution in [2.75, 3.05) is 13.2 Å². The molecule has 7 nitrogen and oxygen atoms in total. The van der Waals surface area contributed by atoms with E-state index in [4.69, 9.17) is 5.11 Å². The van der Waals surface area contributed by atoms with Crippen molar-refractivity contribution in [1.82, 2.24) is 4.31 Å². The minimum absolute atomic E-state index is 0.114. The summed E-state index contributed by atoms with van der Waals surface area (Å²) in [6.07, 6.45) is 0.276. The Morgan fingerprint density at radius 1 is 1.35 bits per heavy atom. The predicted octanol–water partition coefficient (Wildman–Crippen LogP) is 1.38. The van der Waals surface area contributed by atoms with Crippen LogP contribution in [0.4, 0.5) is 5.69 Å². The third-order valence-corrected chi connectivity index (χ3v) is 4.88. The zero-order chi connectivity index (χ0) is 15.3. The Morgan fingerprint density at radius 3 is 2.45 bits per heavy atom. The highest BCUT2D eigenvalue weighted by molar-refractivity contribution is 7.89. The Morgan fingerprint density at radius 2 is 1.95 bits per heavy atom. The van der Waals surface area contributed by atoms with Crippen molar-refractivity contribution in [3.8, 4) is 0 Å². The molecule has 0 atom stereocenters. The molecule has 1 N–H and O–H groups in total. The van der Waals surface area contributed by atoms with E-state index in [-0.39, 0.29) is 30.5 Å². The molecule has 1 aromatic carbocycles. The molecule has 0 saturated heterocycles. The monoisotopic (exact) mass is 302 g/mol. The summed E-state index contributed by atoms with van der Waals surface area (Å²) in [7, 11) is -3.97. The van der Waals surface area contributed by atoms with Crippen LogP contribution in [-0.4, -0.2) is 41.9 Å². The molecule has 0 aliphatic rings. The van der Waals surface area contributed by atoms with E-state index < -0.39 is 20.6 Å². The summed E-state index contributed by atoms with van der Waals surface area (Å²) in [6, 6.07) is 4.90. The van der Waals surface area contributed by atoms with Crippen LogP contribution in [0.1, 0.15) is 20.3 Å². The first-order valence-electron chi connectivity index (χ1n) is 6.18. The quantitative estimate of drug-likeness (QED) is 0.605. The van der Waals surface area contributed by atoms with Gasteiger partial charge >= 0.3 is 0 Å². The molecule has 8 heteroatoms. The van der Waals surface area contributed by atoms with E-state index in [1.54, 1.807) is 13.8 Å². The number of aliphatic hydroxyl groups excluding tert-OH is 1. The summed E-state index contributed by atoms with van der Waals surface area (Å²) < 4.78 is 26.2. The van der Waals surface area contributed by atoms with E-state index in [0.717, 1.165) is 10.4 Å². The smallest absolute Gasteiger partial charge is 0.289 e. The Hall–Kier alpha value is -1.51. The van der Waals surface area contributed by atoms with E-state index in [1.165, 1.54) is 18.2 Å². The molecule has 1 aromatic rings. The van der Waals surface area contributed by atoms with E-state index in [0.29, 0.717) is 0 Å². The molecular weight excluding hydrogens is 284 g/mol. The van der Waals surface area contributed by atoms with Crippen LogP contribution in [0, 0.1) is 10.1 Å². The van der Waals surface area contributed by atoms with Crippen LogP contribution >= 0.6 is 0 Å². The summed E-state index contributed by atoms with van der Waals surface area (Å²) in [5.41, 5.74) is -0.442. The molecule has 0 unspecified atom stereocenters. The highest BCUT2D eigenvalue weighted by Crippen LogP contribution is 2.27. The number of hydrogen-bond acceptors (Lipinski definition) is 5. The van der Waals surface area contributed by atoms with Crippen molar-refractivity contribution >= 4 is 15.7 Å². The maximum atomic E-state index is 12.5. The van der Waals surface area contributed by atoms with Crippen LogP contribution in [0.5, 0.6) is 0 Å². The van der Waals surface area contributed by atoms with Crippen LogP contribution < -0.4 is 0 Å². The van der Waals surface area contributed by atoms with Crippen molar-refractivity contribution in [2.45, 2.75) is 31.2 Å². The lowest BCUT2D eigenvalue weighted by Gasteiger charge is -2.25. The van der Waals surface area contributed by atoms with Crippen molar-refractivity contribution in [3.63, 3.8) is 0 Å². The molecule has 0 amide bonds. The summed E-state index contributed by atoms with van der Waals surface area (Å²) in [4.78, 5) is 9.92. The number of nitro groups is 1. The van der Waals surface area contributed by atoms with Crippen molar-refractivity contribution < 1.29 is 18.4 Å². The number of para-hydroxylation sites is 1. The summed E-state index contributed by atoms with van der Waals surface area (Å²) in [5, 5.41) is 19.8. The van der Waals surface area contributed by atoms with Crippen molar-refractivity contribution in [1.29, 1.82) is 0 Å². The lowest BCUT2D eigenvalue weighted by Crippen LogP contribution is -2.38. The molecule has 0 heterocycles. The normalized spacial score (nSPS) is 12.1. The first-order chi connectivity index (χ1) is 9.32. The van der Waals surface area contributed by atoms with Gasteiger partial charge in [-0.25, -0.2) is 8.42 Å². The molecule has 0 aliphatic heterocycles. The van der Waals surface area contributed by atoms with Crippen molar-refractivity contribution in [2.24, 2.45) is 0 Å². The van der Waals surface area contributed by atoms with Gasteiger partial charge < -0.3 is 5.11 Å². The number of hydrogen-bond donors (Lipinski definition) is 1.